The van der Waals surface area contributed by atoms with Gasteiger partial charge in [0, 0.05) is 22.0 Å². The first kappa shape index (κ1) is 27.8. The van der Waals surface area contributed by atoms with Crippen molar-refractivity contribution >= 4 is 35.1 Å². The third kappa shape index (κ3) is 5.88. The number of fused-ring (bicyclic) bond motifs is 1. The van der Waals surface area contributed by atoms with Gasteiger partial charge in [-0.25, -0.2) is 4.68 Å². The summed E-state index contributed by atoms with van der Waals surface area (Å²) < 4.78 is 14.0. The number of benzene rings is 3. The van der Waals surface area contributed by atoms with Gasteiger partial charge in [0.25, 0.3) is 0 Å². The highest BCUT2D eigenvalue weighted by Crippen LogP contribution is 2.40. The highest BCUT2D eigenvalue weighted by Gasteiger charge is 2.33. The van der Waals surface area contributed by atoms with Crippen LogP contribution in [0.3, 0.4) is 0 Å². The van der Waals surface area contributed by atoms with Gasteiger partial charge in [-0.15, -0.1) is 5.10 Å². The molecule has 0 spiro atoms. The van der Waals surface area contributed by atoms with Crippen molar-refractivity contribution in [1.82, 2.24) is 14.8 Å². The molecule has 2 heterocycles. The molecule has 0 saturated carbocycles. The molecule has 1 N–H and O–H groups in total. The van der Waals surface area contributed by atoms with E-state index in [9.17, 15) is 4.79 Å². The predicted octanol–water partition coefficient (Wildman–Crippen LogP) is 7.39. The molecule has 1 aliphatic rings. The highest BCUT2D eigenvalue weighted by molar-refractivity contribution is 7.98. The van der Waals surface area contributed by atoms with Crippen LogP contribution < -0.4 is 14.8 Å². The van der Waals surface area contributed by atoms with Crippen molar-refractivity contribution in [2.24, 2.45) is 0 Å². The average Bonchev–Trinajstić information content (AvgIpc) is 3.34. The third-order valence-corrected chi connectivity index (χ3v) is 8.01. The Morgan fingerprint density at radius 3 is 2.50 bits per heavy atom. The number of rotatable bonds is 10. The van der Waals surface area contributed by atoms with Gasteiger partial charge in [-0.05, 0) is 68.1 Å². The van der Waals surface area contributed by atoms with Crippen molar-refractivity contribution < 1.29 is 14.3 Å². The first-order chi connectivity index (χ1) is 19.4. The summed E-state index contributed by atoms with van der Waals surface area (Å²) in [4.78, 5) is 17.6. The quantitative estimate of drug-likeness (QED) is 0.198. The number of hydrogen-bond donors (Lipinski definition) is 1. The van der Waals surface area contributed by atoms with Crippen LogP contribution in [0.15, 0.2) is 83.2 Å². The average molecular weight is 575 g/mol. The van der Waals surface area contributed by atoms with Gasteiger partial charge >= 0.3 is 0 Å². The van der Waals surface area contributed by atoms with E-state index in [0.717, 1.165) is 22.4 Å². The number of allylic oxidation sites excluding steroid dienone is 2. The zero-order valence-corrected chi connectivity index (χ0v) is 24.5. The van der Waals surface area contributed by atoms with Crippen LogP contribution in [0.25, 0.3) is 0 Å². The Morgan fingerprint density at radius 1 is 1.02 bits per heavy atom. The van der Waals surface area contributed by atoms with Crippen molar-refractivity contribution in [3.05, 3.63) is 105 Å². The minimum absolute atomic E-state index is 0.0424. The lowest BCUT2D eigenvalue weighted by Crippen LogP contribution is -2.27. The maximum atomic E-state index is 12.9. The minimum atomic E-state index is -0.472. The number of aryl methyl sites for hydroxylation is 1. The fraction of sp³-hybridized carbons (Fsp3) is 0.258. The molecule has 1 unspecified atom stereocenters. The van der Waals surface area contributed by atoms with E-state index in [1.54, 1.807) is 11.6 Å². The highest BCUT2D eigenvalue weighted by atomic mass is 35.5. The number of ether oxygens (including phenoxy) is 2. The first-order valence-corrected chi connectivity index (χ1v) is 14.5. The molecule has 0 bridgehead atoms. The van der Waals surface area contributed by atoms with E-state index in [1.165, 1.54) is 17.3 Å². The van der Waals surface area contributed by atoms with Crippen LogP contribution in [0, 0.1) is 6.92 Å². The van der Waals surface area contributed by atoms with Gasteiger partial charge in [-0.1, -0.05) is 71.9 Å². The number of hydrogen-bond acceptors (Lipinski definition) is 7. The number of carbonyl (C=O) groups is 1. The molecular weight excluding hydrogens is 544 g/mol. The van der Waals surface area contributed by atoms with Gasteiger partial charge in [0.2, 0.25) is 11.1 Å². The molecule has 206 valence electrons. The third-order valence-electron chi connectivity index (χ3n) is 6.75. The summed E-state index contributed by atoms with van der Waals surface area (Å²) in [5.41, 5.74) is 5.51. The van der Waals surface area contributed by atoms with Crippen LogP contribution in [0.4, 0.5) is 5.95 Å². The summed E-state index contributed by atoms with van der Waals surface area (Å²) in [5, 5.41) is 9.38. The van der Waals surface area contributed by atoms with Crippen molar-refractivity contribution in [2.45, 2.75) is 51.3 Å². The van der Waals surface area contributed by atoms with Gasteiger partial charge < -0.3 is 14.8 Å². The minimum Gasteiger partial charge on any atom is -0.490 e. The predicted molar refractivity (Wildman–Crippen MR) is 159 cm³/mol. The first-order valence-electron chi connectivity index (χ1n) is 13.1. The molecule has 0 aliphatic carbocycles. The molecule has 0 amide bonds. The van der Waals surface area contributed by atoms with Crippen LogP contribution in [0.1, 0.15) is 49.1 Å². The summed E-state index contributed by atoms with van der Waals surface area (Å²) in [6, 6.07) is 21.2. The van der Waals surface area contributed by atoms with Gasteiger partial charge in [0.1, 0.15) is 12.6 Å². The van der Waals surface area contributed by atoms with Crippen molar-refractivity contribution in [3.63, 3.8) is 0 Å². The fourth-order valence-electron chi connectivity index (χ4n) is 4.72. The Kier molecular flexibility index (Phi) is 8.47. The van der Waals surface area contributed by atoms with Gasteiger partial charge in [0.05, 0.1) is 6.61 Å². The standard InChI is InChI=1S/C31H31ClN4O3S/c1-5-38-27-16-22(14-15-26(27)39-17-23-11-7-6-10-19(23)2)29-28(21(4)37)20(3)33-30-34-31(35-36(29)30)40-18-24-12-8-9-13-25(24)32/h6-16,29H,5,17-18H2,1-4H3,(H,33,34,35). The summed E-state index contributed by atoms with van der Waals surface area (Å²) in [5.74, 6) is 2.41. The number of nitrogens with one attached hydrogen (secondary N) is 1. The second-order valence-corrected chi connectivity index (χ2v) is 10.9. The van der Waals surface area contributed by atoms with Crippen LogP contribution in [0.5, 0.6) is 11.5 Å². The molecule has 1 aromatic heterocycles. The smallest absolute Gasteiger partial charge is 0.227 e. The normalized spacial score (nSPS) is 14.5. The molecule has 4 aromatic rings. The van der Waals surface area contributed by atoms with E-state index in [2.05, 4.69) is 24.4 Å². The maximum Gasteiger partial charge on any atom is 0.227 e. The second-order valence-electron chi connectivity index (χ2n) is 9.52. The molecule has 1 atom stereocenters. The van der Waals surface area contributed by atoms with Crippen LogP contribution in [-0.2, 0) is 17.2 Å². The SMILES string of the molecule is CCOc1cc(C2C(C(C)=O)=C(C)Nc3nc(SCc4ccccc4Cl)nn32)ccc1OCc1ccccc1C. The zero-order chi connectivity index (χ0) is 28.2. The lowest BCUT2D eigenvalue weighted by atomic mass is 9.93. The molecule has 5 rings (SSSR count). The number of Topliss-reactive ketones (excluding diaryl/α,β-unsaturated/α-hetero) is 1. The molecule has 0 radical (unpaired) electrons. The molecule has 3 aromatic carbocycles. The van der Waals surface area contributed by atoms with Gasteiger partial charge in [-0.2, -0.15) is 4.98 Å². The van der Waals surface area contributed by atoms with Crippen LogP contribution in [0.2, 0.25) is 5.02 Å². The van der Waals surface area contributed by atoms with Crippen molar-refractivity contribution in [3.8, 4) is 11.5 Å². The summed E-state index contributed by atoms with van der Waals surface area (Å²) in [6.07, 6.45) is 0. The Balaban J connectivity index is 1.47. The molecule has 7 nitrogen and oxygen atoms in total. The monoisotopic (exact) mass is 574 g/mol. The Labute approximate surface area is 243 Å². The Bertz CT molecular complexity index is 1580. The largest absolute Gasteiger partial charge is 0.490 e. The van der Waals surface area contributed by atoms with E-state index in [1.807, 2.05) is 68.4 Å². The molecule has 0 fully saturated rings. The van der Waals surface area contributed by atoms with Crippen molar-refractivity contribution in [1.29, 1.82) is 0 Å². The maximum absolute atomic E-state index is 12.9. The molecule has 0 saturated heterocycles. The number of thioether (sulfide) groups is 1. The van der Waals surface area contributed by atoms with Gasteiger partial charge in [0.15, 0.2) is 17.3 Å². The topological polar surface area (TPSA) is 78.3 Å². The summed E-state index contributed by atoms with van der Waals surface area (Å²) in [6.45, 7) is 8.37. The molecule has 9 heteroatoms. The zero-order valence-electron chi connectivity index (χ0n) is 22.9. The number of halogens is 1. The Morgan fingerprint density at radius 2 is 1.77 bits per heavy atom. The number of nitrogens with zero attached hydrogens (tertiary/aromatic N) is 3. The number of ketones is 1. The molecular formula is C31H31ClN4O3S. The van der Waals surface area contributed by atoms with E-state index in [0.29, 0.717) is 52.2 Å². The number of carbonyl (C=O) groups excluding carboxylic acids is 1. The number of anilines is 1. The summed E-state index contributed by atoms with van der Waals surface area (Å²) >= 11 is 7.84. The molecule has 1 aliphatic heterocycles. The molecule has 40 heavy (non-hydrogen) atoms. The lowest BCUT2D eigenvalue weighted by Gasteiger charge is -2.28. The summed E-state index contributed by atoms with van der Waals surface area (Å²) in [7, 11) is 0. The van der Waals surface area contributed by atoms with E-state index < -0.39 is 6.04 Å². The van der Waals surface area contributed by atoms with E-state index >= 15 is 0 Å². The second kappa shape index (κ2) is 12.2. The van der Waals surface area contributed by atoms with Crippen molar-refractivity contribution in [2.75, 3.05) is 11.9 Å². The van der Waals surface area contributed by atoms with Crippen LogP contribution in [-0.4, -0.2) is 27.2 Å². The lowest BCUT2D eigenvalue weighted by molar-refractivity contribution is -0.114. The van der Waals surface area contributed by atoms with Gasteiger partial charge in [-0.3, -0.25) is 4.79 Å². The van der Waals surface area contributed by atoms with E-state index in [4.69, 9.17) is 31.2 Å². The Hall–Kier alpha value is -3.75. The number of aromatic nitrogens is 3. The van der Waals surface area contributed by atoms with E-state index in [-0.39, 0.29) is 5.78 Å². The fourth-order valence-corrected chi connectivity index (χ4v) is 5.84. The van der Waals surface area contributed by atoms with Crippen LogP contribution >= 0.6 is 23.4 Å².